The number of carbonyl (C=O) groups excluding carboxylic acids is 1. The van der Waals surface area contributed by atoms with Gasteiger partial charge in [0.2, 0.25) is 5.91 Å². The van der Waals surface area contributed by atoms with E-state index in [0.717, 1.165) is 5.75 Å². The van der Waals surface area contributed by atoms with Gasteiger partial charge in [-0.3, -0.25) is 4.79 Å². The van der Waals surface area contributed by atoms with Crippen molar-refractivity contribution in [3.05, 3.63) is 0 Å². The molecule has 0 saturated heterocycles. The summed E-state index contributed by atoms with van der Waals surface area (Å²) < 4.78 is 2.75. The summed E-state index contributed by atoms with van der Waals surface area (Å²) in [6.45, 7) is 3.82. The zero-order valence-corrected chi connectivity index (χ0v) is 12.4. The standard InChI is InChI=1S/C14H29NOS/c1-3-4-5-6-7-8-9-10-11-12-13-17-15-14(2)16/h3-13H2,1-2H3,(H,15,16). The maximum Gasteiger partial charge on any atom is 0.226 e. The zero-order valence-electron chi connectivity index (χ0n) is 11.6. The van der Waals surface area contributed by atoms with Gasteiger partial charge in [0, 0.05) is 12.7 Å². The molecule has 0 aromatic carbocycles. The molecule has 1 N–H and O–H groups in total. The fraction of sp³-hybridized carbons (Fsp3) is 0.929. The molecule has 0 bridgehead atoms. The quantitative estimate of drug-likeness (QED) is 0.407. The third kappa shape index (κ3) is 15.8. The van der Waals surface area contributed by atoms with Gasteiger partial charge in [-0.05, 0) is 6.42 Å². The molecule has 0 spiro atoms. The van der Waals surface area contributed by atoms with Crippen molar-refractivity contribution in [2.45, 2.75) is 78.1 Å². The van der Waals surface area contributed by atoms with E-state index in [-0.39, 0.29) is 5.91 Å². The van der Waals surface area contributed by atoms with Crippen LogP contribution in [0.2, 0.25) is 0 Å². The lowest BCUT2D eigenvalue weighted by molar-refractivity contribution is -0.117. The molecule has 0 atom stereocenters. The van der Waals surface area contributed by atoms with Gasteiger partial charge in [-0.15, -0.1) is 0 Å². The van der Waals surface area contributed by atoms with Gasteiger partial charge in [-0.1, -0.05) is 76.7 Å². The van der Waals surface area contributed by atoms with E-state index in [1.54, 1.807) is 6.92 Å². The van der Waals surface area contributed by atoms with Crippen LogP contribution in [-0.2, 0) is 4.79 Å². The molecular formula is C14H29NOS. The summed E-state index contributed by atoms with van der Waals surface area (Å²) in [6, 6.07) is 0. The Morgan fingerprint density at radius 3 is 1.82 bits per heavy atom. The van der Waals surface area contributed by atoms with Crippen molar-refractivity contribution in [1.29, 1.82) is 0 Å². The molecule has 0 aromatic rings. The van der Waals surface area contributed by atoms with Crippen molar-refractivity contribution in [3.63, 3.8) is 0 Å². The summed E-state index contributed by atoms with van der Waals surface area (Å²) >= 11 is 1.54. The highest BCUT2D eigenvalue weighted by Gasteiger charge is 1.94. The number of carbonyl (C=O) groups is 1. The van der Waals surface area contributed by atoms with Gasteiger partial charge in [0.15, 0.2) is 0 Å². The van der Waals surface area contributed by atoms with Gasteiger partial charge in [0.25, 0.3) is 0 Å². The Labute approximate surface area is 111 Å². The van der Waals surface area contributed by atoms with Gasteiger partial charge in [-0.2, -0.15) is 0 Å². The second-order valence-electron chi connectivity index (χ2n) is 4.69. The van der Waals surface area contributed by atoms with Crippen molar-refractivity contribution in [1.82, 2.24) is 4.72 Å². The van der Waals surface area contributed by atoms with Crippen LogP contribution in [0.5, 0.6) is 0 Å². The molecule has 2 nitrogen and oxygen atoms in total. The lowest BCUT2D eigenvalue weighted by Gasteiger charge is -2.02. The van der Waals surface area contributed by atoms with Gasteiger partial charge in [0.05, 0.1) is 0 Å². The van der Waals surface area contributed by atoms with Crippen LogP contribution in [0.25, 0.3) is 0 Å². The smallest absolute Gasteiger partial charge is 0.226 e. The van der Waals surface area contributed by atoms with Gasteiger partial charge in [0.1, 0.15) is 0 Å². The Kier molecular flexibility index (Phi) is 13.7. The molecule has 0 aliphatic rings. The number of rotatable bonds is 12. The van der Waals surface area contributed by atoms with Crippen molar-refractivity contribution in [2.75, 3.05) is 5.75 Å². The number of nitrogens with one attached hydrogen (secondary N) is 1. The largest absolute Gasteiger partial charge is 0.300 e. The number of amides is 1. The van der Waals surface area contributed by atoms with E-state index in [9.17, 15) is 4.79 Å². The Bertz CT molecular complexity index is 174. The minimum Gasteiger partial charge on any atom is -0.300 e. The maximum absolute atomic E-state index is 10.6. The van der Waals surface area contributed by atoms with Crippen LogP contribution in [-0.4, -0.2) is 11.7 Å². The summed E-state index contributed by atoms with van der Waals surface area (Å²) in [6.07, 6.45) is 13.7. The van der Waals surface area contributed by atoms with E-state index >= 15 is 0 Å². The average Bonchev–Trinajstić information content (AvgIpc) is 2.30. The summed E-state index contributed by atoms with van der Waals surface area (Å²) in [5.41, 5.74) is 0. The minimum atomic E-state index is 0.0575. The monoisotopic (exact) mass is 259 g/mol. The number of hydrogen-bond acceptors (Lipinski definition) is 2. The molecule has 0 aromatic heterocycles. The molecule has 102 valence electrons. The Morgan fingerprint density at radius 2 is 1.35 bits per heavy atom. The van der Waals surface area contributed by atoms with Crippen LogP contribution in [0, 0.1) is 0 Å². The lowest BCUT2D eigenvalue weighted by atomic mass is 10.1. The first-order chi connectivity index (χ1) is 8.27. The summed E-state index contributed by atoms with van der Waals surface area (Å²) in [5, 5.41) is 0. The number of unbranched alkanes of at least 4 members (excludes halogenated alkanes) is 9. The highest BCUT2D eigenvalue weighted by molar-refractivity contribution is 7.97. The fourth-order valence-corrected chi connectivity index (χ4v) is 2.47. The summed E-state index contributed by atoms with van der Waals surface area (Å²) in [7, 11) is 0. The lowest BCUT2D eigenvalue weighted by Crippen LogP contribution is -2.10. The first kappa shape index (κ1) is 16.8. The first-order valence-electron chi connectivity index (χ1n) is 7.15. The van der Waals surface area contributed by atoms with Gasteiger partial charge in [-0.25, -0.2) is 0 Å². The van der Waals surface area contributed by atoms with E-state index in [4.69, 9.17) is 0 Å². The zero-order chi connectivity index (χ0) is 12.8. The van der Waals surface area contributed by atoms with Crippen LogP contribution >= 0.6 is 11.9 Å². The van der Waals surface area contributed by atoms with Gasteiger partial charge < -0.3 is 4.72 Å². The molecule has 0 unspecified atom stereocenters. The van der Waals surface area contributed by atoms with E-state index in [2.05, 4.69) is 11.6 Å². The molecule has 0 heterocycles. The molecule has 0 radical (unpaired) electrons. The second-order valence-corrected chi connectivity index (χ2v) is 5.59. The van der Waals surface area contributed by atoms with Crippen molar-refractivity contribution >= 4 is 17.9 Å². The van der Waals surface area contributed by atoms with Gasteiger partial charge >= 0.3 is 0 Å². The third-order valence-electron chi connectivity index (χ3n) is 2.82. The summed E-state index contributed by atoms with van der Waals surface area (Å²) in [5.74, 6) is 1.11. The summed E-state index contributed by atoms with van der Waals surface area (Å²) in [4.78, 5) is 10.6. The maximum atomic E-state index is 10.6. The van der Waals surface area contributed by atoms with Crippen LogP contribution < -0.4 is 4.72 Å². The van der Waals surface area contributed by atoms with Crippen LogP contribution in [0.1, 0.15) is 78.1 Å². The first-order valence-corrected chi connectivity index (χ1v) is 8.14. The topological polar surface area (TPSA) is 29.1 Å². The minimum absolute atomic E-state index is 0.0575. The Morgan fingerprint density at radius 1 is 0.882 bits per heavy atom. The molecule has 0 fully saturated rings. The van der Waals surface area contributed by atoms with Crippen molar-refractivity contribution < 1.29 is 4.79 Å². The molecule has 3 heteroatoms. The molecular weight excluding hydrogens is 230 g/mol. The highest BCUT2D eigenvalue weighted by Crippen LogP contribution is 2.11. The SMILES string of the molecule is CCCCCCCCCCCCSNC(C)=O. The fourth-order valence-electron chi connectivity index (χ4n) is 1.81. The van der Waals surface area contributed by atoms with Crippen molar-refractivity contribution in [2.24, 2.45) is 0 Å². The average molecular weight is 259 g/mol. The van der Waals surface area contributed by atoms with Crippen LogP contribution in [0.4, 0.5) is 0 Å². The highest BCUT2D eigenvalue weighted by atomic mass is 32.2. The molecule has 0 saturated carbocycles. The van der Waals surface area contributed by atoms with E-state index in [0.29, 0.717) is 0 Å². The van der Waals surface area contributed by atoms with E-state index < -0.39 is 0 Å². The normalized spacial score (nSPS) is 10.5. The molecule has 0 rings (SSSR count). The molecule has 17 heavy (non-hydrogen) atoms. The van der Waals surface area contributed by atoms with Crippen molar-refractivity contribution in [3.8, 4) is 0 Å². The number of hydrogen-bond donors (Lipinski definition) is 1. The molecule has 0 aliphatic carbocycles. The van der Waals surface area contributed by atoms with Crippen LogP contribution in [0.3, 0.4) is 0 Å². The Hall–Kier alpha value is -0.180. The predicted octanol–water partition coefficient (Wildman–Crippen LogP) is 4.69. The molecule has 1 amide bonds. The Balaban J connectivity index is 2.91. The third-order valence-corrected chi connectivity index (χ3v) is 3.74. The van der Waals surface area contributed by atoms with Crippen LogP contribution in [0.15, 0.2) is 0 Å². The molecule has 0 aliphatic heterocycles. The van der Waals surface area contributed by atoms with E-state index in [1.807, 2.05) is 0 Å². The predicted molar refractivity (Wildman–Crippen MR) is 78.1 cm³/mol. The second kappa shape index (κ2) is 13.9. The van der Waals surface area contributed by atoms with E-state index in [1.165, 1.54) is 76.2 Å².